The Bertz CT molecular complexity index is 1290. The average molecular weight is 477 g/mol. The molecule has 2 amide bonds. The van der Waals surface area contributed by atoms with Crippen LogP contribution in [0.25, 0.3) is 0 Å². The van der Waals surface area contributed by atoms with Crippen molar-refractivity contribution in [3.63, 3.8) is 0 Å². The fourth-order valence-electron chi connectivity index (χ4n) is 4.75. The molecule has 2 aliphatic heterocycles. The Morgan fingerprint density at radius 3 is 2.41 bits per heavy atom. The van der Waals surface area contributed by atoms with Gasteiger partial charge in [-0.15, -0.1) is 0 Å². The summed E-state index contributed by atoms with van der Waals surface area (Å²) in [6, 6.07) is 21.2. The Balaban J connectivity index is 1.67. The second-order valence-electron chi connectivity index (χ2n) is 8.18. The summed E-state index contributed by atoms with van der Waals surface area (Å²) in [5, 5.41) is 0.484. The Kier molecular flexibility index (Phi) is 5.29. The number of β-lactam (4-membered cyclic amide) rings is 1. The molecule has 0 aliphatic carbocycles. The number of amides is 2. The van der Waals surface area contributed by atoms with Crippen molar-refractivity contribution in [2.45, 2.75) is 11.6 Å². The third kappa shape index (κ3) is 3.15. The molecule has 0 unspecified atom stereocenters. The third-order valence-electron chi connectivity index (χ3n) is 6.44. The van der Waals surface area contributed by atoms with Gasteiger partial charge in [-0.05, 0) is 48.0 Å². The molecule has 2 atom stereocenters. The lowest BCUT2D eigenvalue weighted by Crippen LogP contribution is -2.74. The summed E-state index contributed by atoms with van der Waals surface area (Å²) in [6.45, 7) is -0.0995. The van der Waals surface area contributed by atoms with Crippen molar-refractivity contribution in [1.82, 2.24) is 4.90 Å². The van der Waals surface area contributed by atoms with Gasteiger partial charge in [-0.3, -0.25) is 9.59 Å². The number of rotatable bonds is 4. The molecule has 0 spiro atoms. The van der Waals surface area contributed by atoms with Gasteiger partial charge >= 0.3 is 5.97 Å². The van der Waals surface area contributed by atoms with Gasteiger partial charge in [0, 0.05) is 23.3 Å². The minimum atomic E-state index is -1.07. The zero-order valence-corrected chi connectivity index (χ0v) is 19.3. The first-order valence-corrected chi connectivity index (χ1v) is 11.0. The monoisotopic (exact) mass is 476 g/mol. The topological polar surface area (TPSA) is 76.1 Å². The molecule has 2 heterocycles. The van der Waals surface area contributed by atoms with Gasteiger partial charge in [0.1, 0.15) is 17.8 Å². The van der Waals surface area contributed by atoms with Crippen molar-refractivity contribution in [2.75, 3.05) is 25.6 Å². The number of anilines is 1. The Morgan fingerprint density at radius 2 is 1.74 bits per heavy atom. The number of benzene rings is 3. The van der Waals surface area contributed by atoms with Crippen LogP contribution in [-0.2, 0) is 19.9 Å². The number of esters is 1. The summed E-state index contributed by atoms with van der Waals surface area (Å²) < 4.78 is 11.0. The quantitative estimate of drug-likeness (QED) is 0.424. The van der Waals surface area contributed by atoms with Gasteiger partial charge in [-0.2, -0.15) is 0 Å². The van der Waals surface area contributed by atoms with Gasteiger partial charge in [0.15, 0.2) is 0 Å². The zero-order valence-electron chi connectivity index (χ0n) is 18.5. The van der Waals surface area contributed by atoms with Crippen LogP contribution in [0.15, 0.2) is 72.8 Å². The van der Waals surface area contributed by atoms with Crippen molar-refractivity contribution in [3.8, 4) is 5.75 Å². The molecule has 0 bridgehead atoms. The molecule has 0 saturated carbocycles. The lowest BCUT2D eigenvalue weighted by molar-refractivity contribution is -0.177. The van der Waals surface area contributed by atoms with Crippen LogP contribution in [0.3, 0.4) is 0 Å². The predicted octanol–water partition coefficient (Wildman–Crippen LogP) is 3.64. The molecular weight excluding hydrogens is 456 g/mol. The lowest BCUT2D eigenvalue weighted by atomic mass is 9.69. The van der Waals surface area contributed by atoms with Crippen molar-refractivity contribution >= 4 is 35.1 Å². The third-order valence-corrected chi connectivity index (χ3v) is 6.67. The first-order chi connectivity index (χ1) is 16.4. The van der Waals surface area contributed by atoms with E-state index in [2.05, 4.69) is 0 Å². The highest BCUT2D eigenvalue weighted by atomic mass is 35.5. The smallest absolute Gasteiger partial charge is 0.337 e. The van der Waals surface area contributed by atoms with Crippen LogP contribution >= 0.6 is 11.6 Å². The van der Waals surface area contributed by atoms with Crippen LogP contribution < -0.4 is 9.64 Å². The van der Waals surface area contributed by atoms with E-state index in [1.165, 1.54) is 7.11 Å². The van der Waals surface area contributed by atoms with Crippen molar-refractivity contribution in [2.24, 2.45) is 0 Å². The number of methoxy groups -OCH3 is 1. The van der Waals surface area contributed by atoms with E-state index in [4.69, 9.17) is 21.1 Å². The number of carbonyl (C=O) groups is 3. The van der Waals surface area contributed by atoms with Crippen LogP contribution in [0.4, 0.5) is 5.69 Å². The van der Waals surface area contributed by atoms with Crippen LogP contribution in [0.2, 0.25) is 5.02 Å². The lowest BCUT2D eigenvalue weighted by Gasteiger charge is -2.56. The average Bonchev–Trinajstić information content (AvgIpc) is 2.95. The van der Waals surface area contributed by atoms with E-state index in [0.717, 1.165) is 5.56 Å². The van der Waals surface area contributed by atoms with Gasteiger partial charge in [-0.25, -0.2) is 4.79 Å². The molecule has 8 heteroatoms. The number of hydrogen-bond donors (Lipinski definition) is 0. The predicted molar refractivity (Wildman–Crippen MR) is 126 cm³/mol. The highest BCUT2D eigenvalue weighted by molar-refractivity contribution is 6.30. The number of nitrogens with zero attached hydrogens (tertiary/aromatic N) is 2. The number of fused-ring (bicyclic) bond motifs is 3. The van der Waals surface area contributed by atoms with E-state index in [-0.39, 0.29) is 18.4 Å². The summed E-state index contributed by atoms with van der Waals surface area (Å²) in [6.07, 6.45) is -0.949. The molecule has 5 rings (SSSR count). The van der Waals surface area contributed by atoms with E-state index in [0.29, 0.717) is 27.6 Å². The van der Waals surface area contributed by atoms with Crippen LogP contribution in [0.1, 0.15) is 21.5 Å². The summed E-state index contributed by atoms with van der Waals surface area (Å²) in [5.41, 5.74) is 1.46. The first kappa shape index (κ1) is 22.0. The van der Waals surface area contributed by atoms with E-state index < -0.39 is 17.6 Å². The summed E-state index contributed by atoms with van der Waals surface area (Å²) in [4.78, 5) is 41.3. The molecule has 0 N–H and O–H groups in total. The summed E-state index contributed by atoms with van der Waals surface area (Å²) >= 11 is 6.41. The van der Waals surface area contributed by atoms with Gasteiger partial charge in [0.05, 0.1) is 12.7 Å². The number of hydrogen-bond acceptors (Lipinski definition) is 5. The maximum absolute atomic E-state index is 13.4. The fraction of sp³-hybridized carbons (Fsp3) is 0.192. The number of ether oxygens (including phenoxy) is 2. The number of likely N-dealkylation sites (N-methyl/N-ethyl adjacent to an activating group) is 1. The molecule has 3 aromatic carbocycles. The van der Waals surface area contributed by atoms with Crippen molar-refractivity contribution in [1.29, 1.82) is 0 Å². The molecule has 0 aromatic heterocycles. The van der Waals surface area contributed by atoms with Gasteiger partial charge in [0.2, 0.25) is 12.0 Å². The SMILES string of the molecule is COC(=O)c1ccc(O[C@@H]2C(=O)N3CC(=O)N(C)c4ccc(Cl)cc4[C@@]23c2ccccc2)cc1. The van der Waals surface area contributed by atoms with E-state index in [9.17, 15) is 14.4 Å². The zero-order chi connectivity index (χ0) is 24.0. The standard InChI is InChI=1S/C26H21ClN2O5/c1-28-21-13-10-18(27)14-20(21)26(17-6-4-3-5-7-17)23(24(31)29(26)15-22(28)30)34-19-11-8-16(9-12-19)25(32)33-2/h3-14,23H,15H2,1-2H3/t23-,26+/m1/s1. The van der Waals surface area contributed by atoms with Crippen LogP contribution in [-0.4, -0.2) is 49.5 Å². The fourth-order valence-corrected chi connectivity index (χ4v) is 4.93. The first-order valence-electron chi connectivity index (χ1n) is 10.7. The summed E-state index contributed by atoms with van der Waals surface area (Å²) in [7, 11) is 3.00. The van der Waals surface area contributed by atoms with Gasteiger partial charge < -0.3 is 19.3 Å². The highest BCUT2D eigenvalue weighted by Gasteiger charge is 2.66. The number of halogens is 1. The van der Waals surface area contributed by atoms with Crippen LogP contribution in [0.5, 0.6) is 5.75 Å². The second-order valence-corrected chi connectivity index (χ2v) is 8.62. The molecule has 1 saturated heterocycles. The maximum Gasteiger partial charge on any atom is 0.337 e. The minimum Gasteiger partial charge on any atom is -0.477 e. The van der Waals surface area contributed by atoms with Gasteiger partial charge in [0.25, 0.3) is 5.91 Å². The molecule has 172 valence electrons. The minimum absolute atomic E-state index is 0.0995. The largest absolute Gasteiger partial charge is 0.477 e. The highest BCUT2D eigenvalue weighted by Crippen LogP contribution is 2.53. The van der Waals surface area contributed by atoms with Crippen molar-refractivity contribution < 1.29 is 23.9 Å². The molecular formula is C26H21ClN2O5. The van der Waals surface area contributed by atoms with Crippen LogP contribution in [0, 0.1) is 0 Å². The van der Waals surface area contributed by atoms with Crippen molar-refractivity contribution in [3.05, 3.63) is 94.5 Å². The molecule has 2 aliphatic rings. The molecule has 7 nitrogen and oxygen atoms in total. The van der Waals surface area contributed by atoms with E-state index in [1.54, 1.807) is 59.3 Å². The van der Waals surface area contributed by atoms with Gasteiger partial charge in [-0.1, -0.05) is 41.9 Å². The number of carbonyl (C=O) groups excluding carboxylic acids is 3. The van der Waals surface area contributed by atoms with E-state index >= 15 is 0 Å². The Hall–Kier alpha value is -3.84. The second kappa shape index (κ2) is 8.18. The maximum atomic E-state index is 13.4. The molecule has 1 fully saturated rings. The normalized spacial score (nSPS) is 21.2. The Morgan fingerprint density at radius 1 is 1.03 bits per heavy atom. The molecule has 34 heavy (non-hydrogen) atoms. The Labute approximate surface area is 201 Å². The molecule has 0 radical (unpaired) electrons. The summed E-state index contributed by atoms with van der Waals surface area (Å²) in [5.74, 6) is -0.577. The molecule has 3 aromatic rings. The van der Waals surface area contributed by atoms with E-state index in [1.807, 2.05) is 30.3 Å².